The van der Waals surface area contributed by atoms with Gasteiger partial charge in [0.05, 0.1) is 0 Å². The zero-order chi connectivity index (χ0) is 10.0. The molecule has 0 radical (unpaired) electrons. The van der Waals surface area contributed by atoms with Gasteiger partial charge in [-0.2, -0.15) is 0 Å². The molecule has 0 atom stereocenters. The Morgan fingerprint density at radius 2 is 2.14 bits per heavy atom. The van der Waals surface area contributed by atoms with Crippen LogP contribution >= 0.6 is 0 Å². The fourth-order valence-corrected chi connectivity index (χ4v) is 1.74. The lowest BCUT2D eigenvalue weighted by molar-refractivity contribution is 0.180. The summed E-state index contributed by atoms with van der Waals surface area (Å²) in [7, 11) is 0. The number of hydrogen-bond donors (Lipinski definition) is 2. The molecule has 0 spiro atoms. The van der Waals surface area contributed by atoms with Gasteiger partial charge in [-0.25, -0.2) is 9.97 Å². The summed E-state index contributed by atoms with van der Waals surface area (Å²) in [6.07, 6.45) is 7.18. The molecule has 0 aliphatic heterocycles. The van der Waals surface area contributed by atoms with Gasteiger partial charge in [0.25, 0.3) is 0 Å². The highest BCUT2D eigenvalue weighted by Crippen LogP contribution is 2.40. The summed E-state index contributed by atoms with van der Waals surface area (Å²) >= 11 is 0. The first-order valence-corrected chi connectivity index (χ1v) is 5.00. The molecule has 14 heavy (non-hydrogen) atoms. The first-order chi connectivity index (χ1) is 6.70. The van der Waals surface area contributed by atoms with Crippen molar-refractivity contribution in [2.45, 2.75) is 26.2 Å². The molecule has 1 aliphatic carbocycles. The Kier molecular flexibility index (Phi) is 2.27. The molecule has 4 heteroatoms. The maximum Gasteiger partial charge on any atom is 0.168 e. The molecule has 1 heterocycles. The van der Waals surface area contributed by atoms with E-state index in [9.17, 15) is 0 Å². The molecule has 1 fully saturated rings. The standard InChI is InChI=1S/C10H16N4/c1-10(3-2-4-10)7-14-9-8(11)12-5-6-13-9/h5-6H,2-4,7H2,1H3,(H2,11,12)(H,13,14). The molecule has 1 aromatic heterocycles. The van der Waals surface area contributed by atoms with Crippen molar-refractivity contribution in [2.75, 3.05) is 17.6 Å². The lowest BCUT2D eigenvalue weighted by atomic mass is 9.70. The molecule has 3 N–H and O–H groups in total. The van der Waals surface area contributed by atoms with E-state index < -0.39 is 0 Å². The summed E-state index contributed by atoms with van der Waals surface area (Å²) in [5, 5.41) is 3.26. The van der Waals surface area contributed by atoms with Crippen LogP contribution in [-0.4, -0.2) is 16.5 Å². The van der Waals surface area contributed by atoms with Gasteiger partial charge < -0.3 is 11.1 Å². The van der Waals surface area contributed by atoms with Crippen LogP contribution in [0.2, 0.25) is 0 Å². The van der Waals surface area contributed by atoms with E-state index in [0.717, 1.165) is 6.54 Å². The highest BCUT2D eigenvalue weighted by atomic mass is 15.1. The minimum Gasteiger partial charge on any atom is -0.381 e. The fourth-order valence-electron chi connectivity index (χ4n) is 1.74. The molecule has 76 valence electrons. The summed E-state index contributed by atoms with van der Waals surface area (Å²) in [5.74, 6) is 1.19. The van der Waals surface area contributed by atoms with Crippen molar-refractivity contribution in [1.82, 2.24) is 9.97 Å². The van der Waals surface area contributed by atoms with Crippen LogP contribution < -0.4 is 11.1 Å². The normalized spacial score (nSPS) is 18.6. The van der Waals surface area contributed by atoms with E-state index in [1.807, 2.05) is 0 Å². The number of hydrogen-bond acceptors (Lipinski definition) is 4. The van der Waals surface area contributed by atoms with Gasteiger partial charge in [-0.05, 0) is 18.3 Å². The molecule has 2 rings (SSSR count). The van der Waals surface area contributed by atoms with Crippen molar-refractivity contribution in [3.05, 3.63) is 12.4 Å². The molecule has 4 nitrogen and oxygen atoms in total. The molecule has 1 aromatic rings. The molecule has 1 aliphatic rings. The van der Waals surface area contributed by atoms with Crippen LogP contribution in [0.25, 0.3) is 0 Å². The van der Waals surface area contributed by atoms with Gasteiger partial charge in [-0.15, -0.1) is 0 Å². The summed E-state index contributed by atoms with van der Waals surface area (Å²) in [6, 6.07) is 0. The number of aromatic nitrogens is 2. The van der Waals surface area contributed by atoms with E-state index in [2.05, 4.69) is 22.2 Å². The number of nitrogen functional groups attached to an aromatic ring is 1. The number of anilines is 2. The lowest BCUT2D eigenvalue weighted by Crippen LogP contribution is -2.33. The number of nitrogens with two attached hydrogens (primary N) is 1. The Hall–Kier alpha value is -1.32. The monoisotopic (exact) mass is 192 g/mol. The average molecular weight is 192 g/mol. The van der Waals surface area contributed by atoms with Crippen molar-refractivity contribution < 1.29 is 0 Å². The van der Waals surface area contributed by atoms with E-state index in [4.69, 9.17) is 5.73 Å². The third-order valence-corrected chi connectivity index (χ3v) is 2.97. The highest BCUT2D eigenvalue weighted by molar-refractivity contribution is 5.54. The van der Waals surface area contributed by atoms with Crippen LogP contribution in [0.1, 0.15) is 26.2 Å². The Morgan fingerprint density at radius 1 is 1.43 bits per heavy atom. The zero-order valence-corrected chi connectivity index (χ0v) is 8.45. The summed E-state index contributed by atoms with van der Waals surface area (Å²) in [4.78, 5) is 8.12. The predicted molar refractivity (Wildman–Crippen MR) is 56.9 cm³/mol. The quantitative estimate of drug-likeness (QED) is 0.764. The second-order valence-corrected chi connectivity index (χ2v) is 4.31. The van der Waals surface area contributed by atoms with Crippen LogP contribution in [0.4, 0.5) is 11.6 Å². The van der Waals surface area contributed by atoms with Gasteiger partial charge in [-0.3, -0.25) is 0 Å². The summed E-state index contributed by atoms with van der Waals surface area (Å²) in [5.41, 5.74) is 6.11. The van der Waals surface area contributed by atoms with Gasteiger partial charge in [0, 0.05) is 18.9 Å². The Balaban J connectivity index is 1.95. The van der Waals surface area contributed by atoms with E-state index in [1.54, 1.807) is 12.4 Å². The Bertz CT molecular complexity index is 320. The summed E-state index contributed by atoms with van der Waals surface area (Å²) in [6.45, 7) is 3.23. The van der Waals surface area contributed by atoms with Crippen molar-refractivity contribution in [3.8, 4) is 0 Å². The van der Waals surface area contributed by atoms with Gasteiger partial charge in [-0.1, -0.05) is 13.3 Å². The van der Waals surface area contributed by atoms with E-state index in [1.165, 1.54) is 19.3 Å². The minimum atomic E-state index is 0.434. The first-order valence-electron chi connectivity index (χ1n) is 5.00. The van der Waals surface area contributed by atoms with Crippen LogP contribution in [0.3, 0.4) is 0 Å². The molecule has 0 amide bonds. The third kappa shape index (κ3) is 1.78. The van der Waals surface area contributed by atoms with Crippen LogP contribution in [-0.2, 0) is 0 Å². The number of nitrogens with zero attached hydrogens (tertiary/aromatic N) is 2. The maximum atomic E-state index is 5.67. The molecular formula is C10H16N4. The second kappa shape index (κ2) is 3.44. The molecule has 0 unspecified atom stereocenters. The number of rotatable bonds is 3. The molecular weight excluding hydrogens is 176 g/mol. The maximum absolute atomic E-state index is 5.67. The first kappa shape index (κ1) is 9.24. The molecule has 0 saturated heterocycles. The Labute approximate surface area is 83.9 Å². The minimum absolute atomic E-state index is 0.434. The van der Waals surface area contributed by atoms with Crippen molar-refractivity contribution >= 4 is 11.6 Å². The summed E-state index contributed by atoms with van der Waals surface area (Å²) < 4.78 is 0. The van der Waals surface area contributed by atoms with Crippen molar-refractivity contribution in [3.63, 3.8) is 0 Å². The molecule has 0 aromatic carbocycles. The third-order valence-electron chi connectivity index (χ3n) is 2.97. The highest BCUT2D eigenvalue weighted by Gasteiger charge is 2.31. The average Bonchev–Trinajstić information content (AvgIpc) is 2.14. The van der Waals surface area contributed by atoms with Gasteiger partial charge in [0.1, 0.15) is 0 Å². The van der Waals surface area contributed by atoms with E-state index >= 15 is 0 Å². The lowest BCUT2D eigenvalue weighted by Gasteiger charge is -2.38. The van der Waals surface area contributed by atoms with Crippen molar-refractivity contribution in [2.24, 2.45) is 5.41 Å². The molecule has 0 bridgehead atoms. The van der Waals surface area contributed by atoms with Gasteiger partial charge >= 0.3 is 0 Å². The van der Waals surface area contributed by atoms with E-state index in [0.29, 0.717) is 17.1 Å². The SMILES string of the molecule is CC1(CNc2nccnc2N)CCC1. The predicted octanol–water partition coefficient (Wildman–Crippen LogP) is 1.66. The van der Waals surface area contributed by atoms with Crippen LogP contribution in [0.15, 0.2) is 12.4 Å². The van der Waals surface area contributed by atoms with Gasteiger partial charge in [0.2, 0.25) is 0 Å². The largest absolute Gasteiger partial charge is 0.381 e. The zero-order valence-electron chi connectivity index (χ0n) is 8.45. The van der Waals surface area contributed by atoms with Crippen LogP contribution in [0.5, 0.6) is 0 Å². The van der Waals surface area contributed by atoms with Gasteiger partial charge in [0.15, 0.2) is 11.6 Å². The Morgan fingerprint density at radius 3 is 2.71 bits per heavy atom. The fraction of sp³-hybridized carbons (Fsp3) is 0.600. The smallest absolute Gasteiger partial charge is 0.168 e. The van der Waals surface area contributed by atoms with Crippen molar-refractivity contribution in [1.29, 1.82) is 0 Å². The van der Waals surface area contributed by atoms with Crippen LogP contribution in [0, 0.1) is 5.41 Å². The molecule has 1 saturated carbocycles. The second-order valence-electron chi connectivity index (χ2n) is 4.31. The van der Waals surface area contributed by atoms with E-state index in [-0.39, 0.29) is 0 Å². The topological polar surface area (TPSA) is 63.8 Å². The number of nitrogens with one attached hydrogen (secondary N) is 1.